The van der Waals surface area contributed by atoms with Gasteiger partial charge in [0.1, 0.15) is 5.82 Å². The summed E-state index contributed by atoms with van der Waals surface area (Å²) in [5.41, 5.74) is 4.05. The first-order chi connectivity index (χ1) is 7.74. The van der Waals surface area contributed by atoms with Gasteiger partial charge in [-0.3, -0.25) is 0 Å². The highest BCUT2D eigenvalue weighted by molar-refractivity contribution is 6.17. The number of ether oxygens (including phenoxy) is 1. The van der Waals surface area contributed by atoms with Gasteiger partial charge in [-0.05, 0) is 6.07 Å². The van der Waals surface area contributed by atoms with E-state index < -0.39 is 24.2 Å². The lowest BCUT2D eigenvalue weighted by Crippen LogP contribution is -2.19. The van der Waals surface area contributed by atoms with Crippen LogP contribution in [0.3, 0.4) is 0 Å². The van der Waals surface area contributed by atoms with E-state index in [-0.39, 0.29) is 17.3 Å². The SMILES string of the molecule is Nc1nc(C(F)F)c(OC(F)(F)F)cc1CCl. The number of hydrogen-bond acceptors (Lipinski definition) is 3. The van der Waals surface area contributed by atoms with Crippen molar-refractivity contribution in [2.45, 2.75) is 18.7 Å². The zero-order chi connectivity index (χ0) is 13.2. The van der Waals surface area contributed by atoms with Gasteiger partial charge in [-0.25, -0.2) is 13.8 Å². The molecule has 0 unspecified atom stereocenters. The number of nitrogens with zero attached hydrogens (tertiary/aromatic N) is 1. The molecule has 0 saturated carbocycles. The summed E-state index contributed by atoms with van der Waals surface area (Å²) >= 11 is 5.36. The van der Waals surface area contributed by atoms with Crippen LogP contribution in [0.2, 0.25) is 0 Å². The molecule has 0 spiro atoms. The van der Waals surface area contributed by atoms with Crippen molar-refractivity contribution in [1.29, 1.82) is 0 Å². The highest BCUT2D eigenvalue weighted by atomic mass is 35.5. The lowest BCUT2D eigenvalue weighted by atomic mass is 10.2. The van der Waals surface area contributed by atoms with Crippen molar-refractivity contribution in [2.24, 2.45) is 0 Å². The predicted molar refractivity (Wildman–Crippen MR) is 49.8 cm³/mol. The maximum Gasteiger partial charge on any atom is 0.573 e. The molecule has 0 radical (unpaired) electrons. The molecule has 0 atom stereocenters. The Morgan fingerprint density at radius 1 is 1.41 bits per heavy atom. The average Bonchev–Trinajstić information content (AvgIpc) is 2.17. The van der Waals surface area contributed by atoms with Crippen molar-refractivity contribution in [3.8, 4) is 5.75 Å². The van der Waals surface area contributed by atoms with Gasteiger partial charge >= 0.3 is 6.36 Å². The Bertz CT molecular complexity index is 410. The highest BCUT2D eigenvalue weighted by Crippen LogP contribution is 2.34. The van der Waals surface area contributed by atoms with E-state index in [0.29, 0.717) is 6.07 Å². The number of pyridine rings is 1. The molecule has 0 bridgehead atoms. The zero-order valence-electron chi connectivity index (χ0n) is 8.06. The van der Waals surface area contributed by atoms with E-state index in [0.717, 1.165) is 0 Å². The molecule has 0 fully saturated rings. The zero-order valence-corrected chi connectivity index (χ0v) is 8.82. The molecule has 0 saturated heterocycles. The molecule has 96 valence electrons. The van der Waals surface area contributed by atoms with Crippen LogP contribution in [0, 0.1) is 0 Å². The molecule has 0 aliphatic carbocycles. The molecule has 0 aliphatic heterocycles. The van der Waals surface area contributed by atoms with E-state index in [2.05, 4.69) is 9.72 Å². The second kappa shape index (κ2) is 4.91. The summed E-state index contributed by atoms with van der Waals surface area (Å²) in [5.74, 6) is -1.72. The van der Waals surface area contributed by atoms with Crippen molar-refractivity contribution >= 4 is 17.4 Å². The van der Waals surface area contributed by atoms with Crippen molar-refractivity contribution < 1.29 is 26.7 Å². The Morgan fingerprint density at radius 3 is 2.41 bits per heavy atom. The van der Waals surface area contributed by atoms with Gasteiger partial charge in [-0.15, -0.1) is 24.8 Å². The number of nitrogens with two attached hydrogens (primary N) is 1. The van der Waals surface area contributed by atoms with E-state index >= 15 is 0 Å². The maximum absolute atomic E-state index is 12.4. The van der Waals surface area contributed by atoms with Crippen molar-refractivity contribution in [2.75, 3.05) is 5.73 Å². The fourth-order valence-electron chi connectivity index (χ4n) is 1.03. The maximum atomic E-state index is 12.4. The summed E-state index contributed by atoms with van der Waals surface area (Å²) < 4.78 is 64.2. The quantitative estimate of drug-likeness (QED) is 0.681. The van der Waals surface area contributed by atoms with Gasteiger partial charge in [0.25, 0.3) is 6.43 Å². The van der Waals surface area contributed by atoms with Crippen LogP contribution in [-0.2, 0) is 5.88 Å². The molecule has 0 aliphatic rings. The second-order valence-corrected chi connectivity index (χ2v) is 3.17. The Labute approximate surface area is 97.3 Å². The Morgan fingerprint density at radius 2 is 2.00 bits per heavy atom. The number of aromatic nitrogens is 1. The lowest BCUT2D eigenvalue weighted by molar-refractivity contribution is -0.275. The smallest absolute Gasteiger partial charge is 0.404 e. The summed E-state index contributed by atoms with van der Waals surface area (Å²) in [6.07, 6.45) is -8.33. The minimum atomic E-state index is -5.09. The highest BCUT2D eigenvalue weighted by Gasteiger charge is 2.34. The Balaban J connectivity index is 3.24. The Kier molecular flexibility index (Phi) is 3.97. The molecule has 3 nitrogen and oxygen atoms in total. The molecule has 0 amide bonds. The van der Waals surface area contributed by atoms with Crippen molar-refractivity contribution in [1.82, 2.24) is 4.98 Å². The Hall–Kier alpha value is -1.31. The number of alkyl halides is 6. The third-order valence-electron chi connectivity index (χ3n) is 1.70. The third-order valence-corrected chi connectivity index (χ3v) is 1.99. The first kappa shape index (κ1) is 13.8. The summed E-state index contributed by atoms with van der Waals surface area (Å²) in [6.45, 7) is 0. The summed E-state index contributed by atoms with van der Waals surface area (Å²) in [5, 5.41) is 0. The predicted octanol–water partition coefficient (Wildman–Crippen LogP) is 3.24. The number of anilines is 1. The first-order valence-corrected chi connectivity index (χ1v) is 4.67. The van der Waals surface area contributed by atoms with Crippen LogP contribution in [0.4, 0.5) is 27.8 Å². The van der Waals surface area contributed by atoms with Crippen LogP contribution in [0.25, 0.3) is 0 Å². The van der Waals surface area contributed by atoms with Gasteiger partial charge in [0, 0.05) is 5.56 Å². The topological polar surface area (TPSA) is 48.1 Å². The molecular formula is C8H6ClF5N2O. The van der Waals surface area contributed by atoms with Crippen molar-refractivity contribution in [3.05, 3.63) is 17.3 Å². The van der Waals surface area contributed by atoms with Gasteiger partial charge in [-0.2, -0.15) is 0 Å². The second-order valence-electron chi connectivity index (χ2n) is 2.90. The van der Waals surface area contributed by atoms with Crippen molar-refractivity contribution in [3.63, 3.8) is 0 Å². The molecule has 17 heavy (non-hydrogen) atoms. The largest absolute Gasteiger partial charge is 0.573 e. The van der Waals surface area contributed by atoms with Crippen LogP contribution >= 0.6 is 11.6 Å². The van der Waals surface area contributed by atoms with Gasteiger partial charge < -0.3 is 10.5 Å². The molecule has 2 N–H and O–H groups in total. The van der Waals surface area contributed by atoms with Gasteiger partial charge in [0.05, 0.1) is 5.88 Å². The monoisotopic (exact) mass is 276 g/mol. The van der Waals surface area contributed by atoms with Gasteiger partial charge in [-0.1, -0.05) is 0 Å². The minimum absolute atomic E-state index is 0.0182. The first-order valence-electron chi connectivity index (χ1n) is 4.13. The normalized spacial score (nSPS) is 11.9. The third kappa shape index (κ3) is 3.58. The summed E-state index contributed by atoms with van der Waals surface area (Å²) in [6, 6.07) is 0.699. The molecule has 0 aromatic carbocycles. The molecule has 1 heterocycles. The van der Waals surface area contributed by atoms with Crippen LogP contribution in [0.1, 0.15) is 17.7 Å². The number of hydrogen-bond donors (Lipinski definition) is 1. The average molecular weight is 277 g/mol. The number of rotatable bonds is 3. The van der Waals surface area contributed by atoms with E-state index in [4.69, 9.17) is 17.3 Å². The van der Waals surface area contributed by atoms with Gasteiger partial charge in [0.15, 0.2) is 11.4 Å². The van der Waals surface area contributed by atoms with Gasteiger partial charge in [0.2, 0.25) is 0 Å². The fraction of sp³-hybridized carbons (Fsp3) is 0.375. The van der Waals surface area contributed by atoms with E-state index in [9.17, 15) is 22.0 Å². The standard InChI is InChI=1S/C8H6ClF5N2O/c9-2-3-1-4(17-8(12,13)14)5(6(10)11)16-7(3)15/h1,6H,2H2,(H2,15,16). The minimum Gasteiger partial charge on any atom is -0.404 e. The van der Waals surface area contributed by atoms with Crippen LogP contribution in [-0.4, -0.2) is 11.3 Å². The van der Waals surface area contributed by atoms with Crippen LogP contribution in [0.5, 0.6) is 5.75 Å². The van der Waals surface area contributed by atoms with E-state index in [1.54, 1.807) is 0 Å². The number of nitrogen functional groups attached to an aromatic ring is 1. The molecule has 1 aromatic heterocycles. The number of halogens is 6. The van der Waals surface area contributed by atoms with E-state index in [1.807, 2.05) is 0 Å². The molecular weight excluding hydrogens is 271 g/mol. The summed E-state index contributed by atoms with van der Waals surface area (Å²) in [7, 11) is 0. The molecule has 1 aromatic rings. The fourth-order valence-corrected chi connectivity index (χ4v) is 1.25. The van der Waals surface area contributed by atoms with Crippen LogP contribution < -0.4 is 10.5 Å². The lowest BCUT2D eigenvalue weighted by Gasteiger charge is -2.14. The van der Waals surface area contributed by atoms with Crippen LogP contribution in [0.15, 0.2) is 6.07 Å². The van der Waals surface area contributed by atoms with E-state index in [1.165, 1.54) is 0 Å². The molecule has 1 rings (SSSR count). The molecule has 9 heteroatoms. The summed E-state index contributed by atoms with van der Waals surface area (Å²) in [4.78, 5) is 3.15.